The number of fused-ring (bicyclic) bond motifs is 1. The van der Waals surface area contributed by atoms with Gasteiger partial charge in [-0.05, 0) is 54.8 Å². The minimum Gasteiger partial charge on any atom is -0.392 e. The Hall–Kier alpha value is -3.16. The van der Waals surface area contributed by atoms with Crippen molar-refractivity contribution >= 4 is 22.5 Å². The molecule has 0 aliphatic carbocycles. The molecule has 7 nitrogen and oxygen atoms in total. The highest BCUT2D eigenvalue weighted by molar-refractivity contribution is 5.84. The second kappa shape index (κ2) is 7.59. The fraction of sp³-hybridized carbons (Fsp3) is 0.304. The molecule has 1 aliphatic heterocycles. The zero-order valence-corrected chi connectivity index (χ0v) is 17.3. The van der Waals surface area contributed by atoms with E-state index in [9.17, 15) is 5.11 Å². The standard InChI is InChI=1S/C23H26N6O/c1-16-12-29(14-18(16)13-28-10-7-20(30)15-28)22-5-8-24-23(26-22)25-19-3-4-21-17(11-19)6-9-27(21)2/h3-6,8-9,11-12,14,20,30H,7,10,13,15H2,1-2H3,(H,24,25,26)/t20-/m1/s1. The molecule has 0 unspecified atom stereocenters. The topological polar surface area (TPSA) is 71.1 Å². The lowest BCUT2D eigenvalue weighted by Crippen LogP contribution is -2.21. The quantitative estimate of drug-likeness (QED) is 0.536. The van der Waals surface area contributed by atoms with Gasteiger partial charge in [-0.2, -0.15) is 4.98 Å². The SMILES string of the molecule is Cc1cn(-c2ccnc(Nc3ccc4c(ccn4C)c3)n2)cc1CN1CC[C@@H](O)C1. The second-order valence-corrected chi connectivity index (χ2v) is 8.12. The first-order chi connectivity index (χ1) is 14.5. The van der Waals surface area contributed by atoms with Crippen LogP contribution in [-0.2, 0) is 13.6 Å². The molecule has 30 heavy (non-hydrogen) atoms. The number of nitrogens with one attached hydrogen (secondary N) is 1. The number of likely N-dealkylation sites (tertiary alicyclic amines) is 1. The summed E-state index contributed by atoms with van der Waals surface area (Å²) >= 11 is 0. The van der Waals surface area contributed by atoms with Gasteiger partial charge in [0.1, 0.15) is 5.82 Å². The highest BCUT2D eigenvalue weighted by Gasteiger charge is 2.21. The van der Waals surface area contributed by atoms with Crippen LogP contribution >= 0.6 is 0 Å². The van der Waals surface area contributed by atoms with Crippen molar-refractivity contribution in [1.29, 1.82) is 0 Å². The van der Waals surface area contributed by atoms with Gasteiger partial charge in [-0.1, -0.05) is 0 Å². The van der Waals surface area contributed by atoms with Gasteiger partial charge in [0.05, 0.1) is 6.10 Å². The molecule has 0 radical (unpaired) electrons. The van der Waals surface area contributed by atoms with E-state index in [-0.39, 0.29) is 6.10 Å². The van der Waals surface area contributed by atoms with Crippen LogP contribution in [0.15, 0.2) is 55.1 Å². The minimum atomic E-state index is -0.196. The number of aliphatic hydroxyl groups excluding tert-OH is 1. The van der Waals surface area contributed by atoms with E-state index < -0.39 is 0 Å². The Morgan fingerprint density at radius 2 is 2.10 bits per heavy atom. The van der Waals surface area contributed by atoms with E-state index in [1.807, 2.05) is 23.7 Å². The predicted octanol–water partition coefficient (Wildman–Crippen LogP) is 3.38. The molecular weight excluding hydrogens is 376 g/mol. The number of aliphatic hydroxyl groups is 1. The van der Waals surface area contributed by atoms with Gasteiger partial charge in [-0.15, -0.1) is 0 Å². The Labute approximate surface area is 175 Å². The maximum Gasteiger partial charge on any atom is 0.229 e. The largest absolute Gasteiger partial charge is 0.392 e. The Balaban J connectivity index is 1.36. The van der Waals surface area contributed by atoms with Crippen LogP contribution in [0.1, 0.15) is 17.5 Å². The fourth-order valence-corrected chi connectivity index (χ4v) is 4.13. The molecule has 154 valence electrons. The van der Waals surface area contributed by atoms with E-state index in [1.54, 1.807) is 6.20 Å². The van der Waals surface area contributed by atoms with E-state index >= 15 is 0 Å². The Bertz CT molecular complexity index is 1190. The van der Waals surface area contributed by atoms with Crippen molar-refractivity contribution < 1.29 is 5.11 Å². The number of aromatic nitrogens is 4. The van der Waals surface area contributed by atoms with Crippen LogP contribution in [0.25, 0.3) is 16.7 Å². The van der Waals surface area contributed by atoms with Crippen LogP contribution in [0.3, 0.4) is 0 Å². The van der Waals surface area contributed by atoms with Crippen LogP contribution in [0.4, 0.5) is 11.6 Å². The maximum absolute atomic E-state index is 9.77. The van der Waals surface area contributed by atoms with Crippen LogP contribution in [0.5, 0.6) is 0 Å². The van der Waals surface area contributed by atoms with Gasteiger partial charge in [0, 0.05) is 68.1 Å². The molecule has 5 rings (SSSR count). The number of hydrogen-bond donors (Lipinski definition) is 2. The summed E-state index contributed by atoms with van der Waals surface area (Å²) in [6, 6.07) is 10.3. The number of rotatable bonds is 5. The van der Waals surface area contributed by atoms with Crippen molar-refractivity contribution in [1.82, 2.24) is 24.0 Å². The summed E-state index contributed by atoms with van der Waals surface area (Å²) in [5.74, 6) is 1.39. The molecule has 0 amide bonds. The van der Waals surface area contributed by atoms with Crippen LogP contribution < -0.4 is 5.32 Å². The van der Waals surface area contributed by atoms with Crippen LogP contribution in [0, 0.1) is 6.92 Å². The van der Waals surface area contributed by atoms with Crippen molar-refractivity contribution in [3.63, 3.8) is 0 Å². The zero-order valence-electron chi connectivity index (χ0n) is 17.3. The van der Waals surface area contributed by atoms with Gasteiger partial charge in [0.2, 0.25) is 5.95 Å². The van der Waals surface area contributed by atoms with E-state index in [0.29, 0.717) is 5.95 Å². The van der Waals surface area contributed by atoms with Crippen LogP contribution in [-0.4, -0.2) is 48.3 Å². The van der Waals surface area contributed by atoms with Crippen molar-refractivity contribution in [2.75, 3.05) is 18.4 Å². The Morgan fingerprint density at radius 3 is 2.93 bits per heavy atom. The molecule has 3 aromatic heterocycles. The van der Waals surface area contributed by atoms with Crippen molar-refractivity contribution in [3.8, 4) is 5.82 Å². The lowest BCUT2D eigenvalue weighted by Gasteiger charge is -2.14. The van der Waals surface area contributed by atoms with Gasteiger partial charge >= 0.3 is 0 Å². The summed E-state index contributed by atoms with van der Waals surface area (Å²) in [4.78, 5) is 11.4. The lowest BCUT2D eigenvalue weighted by atomic mass is 10.2. The number of anilines is 2. The molecule has 0 bridgehead atoms. The molecular formula is C23H26N6O. The van der Waals surface area contributed by atoms with Gasteiger partial charge in [0.25, 0.3) is 0 Å². The third kappa shape index (κ3) is 3.69. The fourth-order valence-electron chi connectivity index (χ4n) is 4.13. The number of β-amino-alcohol motifs (C(OH)–C–C–N with tert-alkyl or cyclic N) is 1. The Kier molecular flexibility index (Phi) is 4.77. The predicted molar refractivity (Wildman–Crippen MR) is 118 cm³/mol. The van der Waals surface area contributed by atoms with Gasteiger partial charge in [-0.3, -0.25) is 4.90 Å². The van der Waals surface area contributed by atoms with E-state index in [4.69, 9.17) is 4.98 Å². The number of hydrogen-bond acceptors (Lipinski definition) is 5. The third-order valence-electron chi connectivity index (χ3n) is 5.82. The monoisotopic (exact) mass is 402 g/mol. The van der Waals surface area contributed by atoms with Gasteiger partial charge in [0.15, 0.2) is 0 Å². The molecule has 7 heteroatoms. The van der Waals surface area contributed by atoms with Gasteiger partial charge in [-0.25, -0.2) is 4.98 Å². The molecule has 1 aliphatic rings. The second-order valence-electron chi connectivity index (χ2n) is 8.12. The van der Waals surface area contributed by atoms with Gasteiger partial charge < -0.3 is 19.6 Å². The molecule has 1 saturated heterocycles. The Morgan fingerprint density at radius 1 is 1.20 bits per heavy atom. The number of aryl methyl sites for hydroxylation is 2. The summed E-state index contributed by atoms with van der Waals surface area (Å²) < 4.78 is 4.15. The summed E-state index contributed by atoms with van der Waals surface area (Å²) in [5, 5.41) is 14.3. The highest BCUT2D eigenvalue weighted by Crippen LogP contribution is 2.23. The van der Waals surface area contributed by atoms with E-state index in [2.05, 4.69) is 63.5 Å². The molecule has 1 fully saturated rings. The normalized spacial score (nSPS) is 17.1. The third-order valence-corrected chi connectivity index (χ3v) is 5.82. The number of nitrogens with zero attached hydrogens (tertiary/aromatic N) is 5. The van der Waals surface area contributed by atoms with E-state index in [0.717, 1.165) is 37.6 Å². The van der Waals surface area contributed by atoms with Crippen molar-refractivity contribution in [2.45, 2.75) is 26.0 Å². The maximum atomic E-state index is 9.77. The van der Waals surface area contributed by atoms with Crippen molar-refractivity contribution in [2.24, 2.45) is 7.05 Å². The molecule has 0 saturated carbocycles. The first kappa shape index (κ1) is 18.8. The molecule has 0 spiro atoms. The van der Waals surface area contributed by atoms with E-state index in [1.165, 1.54) is 22.0 Å². The summed E-state index contributed by atoms with van der Waals surface area (Å²) in [6.45, 7) is 4.66. The molecule has 2 N–H and O–H groups in total. The summed E-state index contributed by atoms with van der Waals surface area (Å²) in [7, 11) is 2.04. The summed E-state index contributed by atoms with van der Waals surface area (Å²) in [6.07, 6.45) is 8.72. The zero-order chi connectivity index (χ0) is 20.7. The highest BCUT2D eigenvalue weighted by atomic mass is 16.3. The average Bonchev–Trinajstić information content (AvgIpc) is 3.42. The molecule has 4 heterocycles. The number of benzene rings is 1. The first-order valence-corrected chi connectivity index (χ1v) is 10.3. The molecule has 1 aromatic carbocycles. The smallest absolute Gasteiger partial charge is 0.229 e. The first-order valence-electron chi connectivity index (χ1n) is 10.3. The summed E-state index contributed by atoms with van der Waals surface area (Å²) in [5.41, 5.74) is 4.63. The molecule has 4 aromatic rings. The van der Waals surface area contributed by atoms with Crippen molar-refractivity contribution in [3.05, 3.63) is 66.2 Å². The lowest BCUT2D eigenvalue weighted by molar-refractivity contribution is 0.174. The molecule has 1 atom stereocenters. The minimum absolute atomic E-state index is 0.196. The van der Waals surface area contributed by atoms with Crippen LogP contribution in [0.2, 0.25) is 0 Å². The average molecular weight is 403 g/mol.